The van der Waals surface area contributed by atoms with E-state index in [2.05, 4.69) is 17.1 Å². The third-order valence-electron chi connectivity index (χ3n) is 5.07. The van der Waals surface area contributed by atoms with Crippen LogP contribution in [0, 0.1) is 0 Å². The van der Waals surface area contributed by atoms with Crippen molar-refractivity contribution in [2.24, 2.45) is 0 Å². The number of aromatic nitrogens is 1. The van der Waals surface area contributed by atoms with Gasteiger partial charge in [0.25, 0.3) is 0 Å². The van der Waals surface area contributed by atoms with Crippen LogP contribution in [-0.4, -0.2) is 24.0 Å². The Kier molecular flexibility index (Phi) is 5.39. The van der Waals surface area contributed by atoms with Gasteiger partial charge in [-0.25, -0.2) is 4.98 Å². The van der Waals surface area contributed by atoms with Crippen LogP contribution in [0.3, 0.4) is 0 Å². The molecule has 27 heavy (non-hydrogen) atoms. The summed E-state index contributed by atoms with van der Waals surface area (Å²) in [7, 11) is 1.81. The van der Waals surface area contributed by atoms with Crippen molar-refractivity contribution in [3.8, 4) is 5.75 Å². The molecule has 0 unspecified atom stereocenters. The summed E-state index contributed by atoms with van der Waals surface area (Å²) < 4.78 is 7.17. The number of carbonyl (C=O) groups is 1. The first-order valence-electron chi connectivity index (χ1n) is 9.57. The first kappa shape index (κ1) is 18.0. The average Bonchev–Trinajstić information content (AvgIpc) is 3.35. The molecule has 1 aliphatic rings. The van der Waals surface area contributed by atoms with Crippen LogP contribution in [0.25, 0.3) is 10.2 Å². The van der Waals surface area contributed by atoms with E-state index in [0.29, 0.717) is 18.9 Å². The molecule has 0 atom stereocenters. The number of ether oxygens (including phenoxy) is 1. The lowest BCUT2D eigenvalue weighted by Crippen LogP contribution is -2.26. The van der Waals surface area contributed by atoms with Gasteiger partial charge in [0.1, 0.15) is 5.75 Å². The summed E-state index contributed by atoms with van der Waals surface area (Å²) in [6.07, 6.45) is 6.33. The molecule has 0 bridgehead atoms. The molecule has 0 radical (unpaired) electrons. The van der Waals surface area contributed by atoms with Gasteiger partial charge in [0.15, 0.2) is 5.13 Å². The van der Waals surface area contributed by atoms with Crippen LogP contribution in [0.2, 0.25) is 0 Å². The Morgan fingerprint density at radius 1 is 1.19 bits per heavy atom. The predicted octanol–water partition coefficient (Wildman–Crippen LogP) is 5.21. The average molecular weight is 381 g/mol. The number of para-hydroxylation sites is 1. The fraction of sp³-hybridized carbons (Fsp3) is 0.364. The summed E-state index contributed by atoms with van der Waals surface area (Å²) in [6, 6.07) is 16.1. The van der Waals surface area contributed by atoms with Crippen LogP contribution in [0.4, 0.5) is 5.13 Å². The third kappa shape index (κ3) is 4.30. The molecule has 140 valence electrons. The third-order valence-corrected chi connectivity index (χ3v) is 6.19. The number of hydrogen-bond acceptors (Lipinski definition) is 4. The fourth-order valence-electron chi connectivity index (χ4n) is 3.50. The Morgan fingerprint density at radius 3 is 2.81 bits per heavy atom. The summed E-state index contributed by atoms with van der Waals surface area (Å²) in [5, 5.41) is 0.750. The number of nitrogens with zero attached hydrogens (tertiary/aromatic N) is 2. The Bertz CT molecular complexity index is 898. The van der Waals surface area contributed by atoms with Crippen molar-refractivity contribution in [3.05, 3.63) is 54.1 Å². The van der Waals surface area contributed by atoms with Crippen molar-refractivity contribution in [3.63, 3.8) is 0 Å². The second-order valence-corrected chi connectivity index (χ2v) is 8.10. The number of aryl methyl sites for hydroxylation is 1. The SMILES string of the molecule is CN(C(=O)CCc1cccc(OC2CCCC2)c1)c1nc2ccccc2s1. The molecule has 1 amide bonds. The normalized spacial score (nSPS) is 14.6. The van der Waals surface area contributed by atoms with Gasteiger partial charge in [0, 0.05) is 13.5 Å². The lowest BCUT2D eigenvalue weighted by Gasteiger charge is -2.15. The van der Waals surface area contributed by atoms with Crippen LogP contribution in [0.15, 0.2) is 48.5 Å². The lowest BCUT2D eigenvalue weighted by molar-refractivity contribution is -0.118. The molecule has 0 spiro atoms. The zero-order chi connectivity index (χ0) is 18.6. The summed E-state index contributed by atoms with van der Waals surface area (Å²) >= 11 is 1.55. The molecule has 1 fully saturated rings. The number of fused-ring (bicyclic) bond motifs is 1. The molecule has 2 aromatic carbocycles. The molecule has 1 heterocycles. The van der Waals surface area contributed by atoms with Gasteiger partial charge in [0.05, 0.1) is 16.3 Å². The maximum atomic E-state index is 12.6. The van der Waals surface area contributed by atoms with Gasteiger partial charge in [-0.15, -0.1) is 0 Å². The quantitative estimate of drug-likeness (QED) is 0.589. The van der Waals surface area contributed by atoms with Gasteiger partial charge < -0.3 is 4.74 Å². The van der Waals surface area contributed by atoms with Gasteiger partial charge >= 0.3 is 0 Å². The number of anilines is 1. The highest BCUT2D eigenvalue weighted by molar-refractivity contribution is 7.22. The highest BCUT2D eigenvalue weighted by Crippen LogP contribution is 2.28. The predicted molar refractivity (Wildman–Crippen MR) is 111 cm³/mol. The largest absolute Gasteiger partial charge is 0.490 e. The molecule has 1 aliphatic carbocycles. The summed E-state index contributed by atoms with van der Waals surface area (Å²) in [5.41, 5.74) is 2.07. The van der Waals surface area contributed by atoms with E-state index in [1.807, 2.05) is 36.4 Å². The molecular weight excluding hydrogens is 356 g/mol. The van der Waals surface area contributed by atoms with Crippen molar-refractivity contribution in [2.75, 3.05) is 11.9 Å². The highest BCUT2D eigenvalue weighted by Gasteiger charge is 2.17. The molecule has 0 saturated heterocycles. The number of benzene rings is 2. The van der Waals surface area contributed by atoms with E-state index in [0.717, 1.165) is 39.5 Å². The highest BCUT2D eigenvalue weighted by atomic mass is 32.1. The van der Waals surface area contributed by atoms with Crippen molar-refractivity contribution < 1.29 is 9.53 Å². The number of thiazole rings is 1. The molecule has 1 aromatic heterocycles. The standard InChI is InChI=1S/C22H24N2O2S/c1-24(22-23-19-11-4-5-12-20(19)27-22)21(25)14-13-16-7-6-10-18(15-16)26-17-8-2-3-9-17/h4-7,10-12,15,17H,2-3,8-9,13-14H2,1H3. The van der Waals surface area contributed by atoms with Gasteiger partial charge in [-0.05, 0) is 61.9 Å². The van der Waals surface area contributed by atoms with Crippen LogP contribution >= 0.6 is 11.3 Å². The van der Waals surface area contributed by atoms with E-state index >= 15 is 0 Å². The zero-order valence-electron chi connectivity index (χ0n) is 15.6. The molecule has 0 aliphatic heterocycles. The number of rotatable bonds is 6. The minimum Gasteiger partial charge on any atom is -0.490 e. The van der Waals surface area contributed by atoms with E-state index in [1.165, 1.54) is 12.8 Å². The summed E-state index contributed by atoms with van der Waals surface area (Å²) in [4.78, 5) is 18.9. The van der Waals surface area contributed by atoms with E-state index in [9.17, 15) is 4.79 Å². The zero-order valence-corrected chi connectivity index (χ0v) is 16.4. The Hall–Kier alpha value is -2.40. The van der Waals surface area contributed by atoms with Crippen molar-refractivity contribution in [1.29, 1.82) is 0 Å². The summed E-state index contributed by atoms with van der Waals surface area (Å²) in [5.74, 6) is 1.00. The molecule has 1 saturated carbocycles. The topological polar surface area (TPSA) is 42.4 Å². The van der Waals surface area contributed by atoms with E-state index < -0.39 is 0 Å². The van der Waals surface area contributed by atoms with Crippen molar-refractivity contribution >= 4 is 32.6 Å². The monoisotopic (exact) mass is 380 g/mol. The van der Waals surface area contributed by atoms with Crippen LogP contribution in [-0.2, 0) is 11.2 Å². The van der Waals surface area contributed by atoms with Crippen molar-refractivity contribution in [1.82, 2.24) is 4.98 Å². The molecule has 4 nitrogen and oxygen atoms in total. The van der Waals surface area contributed by atoms with Gasteiger partial charge in [-0.2, -0.15) is 0 Å². The molecule has 0 N–H and O–H groups in total. The van der Waals surface area contributed by atoms with Crippen LogP contribution in [0.5, 0.6) is 5.75 Å². The van der Waals surface area contributed by atoms with Crippen LogP contribution in [0.1, 0.15) is 37.7 Å². The molecule has 4 rings (SSSR count). The van der Waals surface area contributed by atoms with Gasteiger partial charge in [-0.1, -0.05) is 35.6 Å². The second kappa shape index (κ2) is 8.09. The number of carbonyl (C=O) groups excluding carboxylic acids is 1. The van der Waals surface area contributed by atoms with E-state index in [4.69, 9.17) is 4.74 Å². The Morgan fingerprint density at radius 2 is 2.00 bits per heavy atom. The maximum Gasteiger partial charge on any atom is 0.228 e. The minimum absolute atomic E-state index is 0.0798. The lowest BCUT2D eigenvalue weighted by atomic mass is 10.1. The molecule has 5 heteroatoms. The first-order valence-corrected chi connectivity index (χ1v) is 10.4. The van der Waals surface area contributed by atoms with Crippen molar-refractivity contribution in [2.45, 2.75) is 44.6 Å². The van der Waals surface area contributed by atoms with E-state index in [1.54, 1.807) is 23.3 Å². The maximum absolute atomic E-state index is 12.6. The first-order chi connectivity index (χ1) is 13.2. The van der Waals surface area contributed by atoms with Crippen LogP contribution < -0.4 is 9.64 Å². The second-order valence-electron chi connectivity index (χ2n) is 7.09. The summed E-state index contributed by atoms with van der Waals surface area (Å²) in [6.45, 7) is 0. The smallest absolute Gasteiger partial charge is 0.228 e. The minimum atomic E-state index is 0.0798. The van der Waals surface area contributed by atoms with Gasteiger partial charge in [0.2, 0.25) is 5.91 Å². The Balaban J connectivity index is 1.36. The van der Waals surface area contributed by atoms with Gasteiger partial charge in [-0.3, -0.25) is 9.69 Å². The fourth-order valence-corrected chi connectivity index (χ4v) is 4.45. The molecular formula is C22H24N2O2S. The molecule has 3 aromatic rings. The number of amides is 1. The Labute approximate surface area is 163 Å². The van der Waals surface area contributed by atoms with E-state index in [-0.39, 0.29) is 5.91 Å². The number of hydrogen-bond donors (Lipinski definition) is 0.